The number of rotatable bonds is 10. The molecular formula is C47H57F3N8O4S. The summed E-state index contributed by atoms with van der Waals surface area (Å²) < 4.78 is 66.8. The van der Waals surface area contributed by atoms with Crippen LogP contribution in [0.4, 0.5) is 23.8 Å². The van der Waals surface area contributed by atoms with E-state index in [0.29, 0.717) is 57.9 Å². The third-order valence-electron chi connectivity index (χ3n) is 13.1. The van der Waals surface area contributed by atoms with Gasteiger partial charge in [-0.25, -0.2) is 9.48 Å². The van der Waals surface area contributed by atoms with E-state index in [1.807, 2.05) is 31.7 Å². The van der Waals surface area contributed by atoms with Gasteiger partial charge in [0.05, 0.1) is 51.7 Å². The summed E-state index contributed by atoms with van der Waals surface area (Å²) in [6, 6.07) is 3.42. The van der Waals surface area contributed by atoms with E-state index in [0.717, 1.165) is 89.2 Å². The van der Waals surface area contributed by atoms with Crippen molar-refractivity contribution >= 4 is 54.5 Å². The molecule has 4 aliphatic heterocycles. The molecule has 0 saturated carbocycles. The normalized spacial score (nSPS) is 23.5. The van der Waals surface area contributed by atoms with Crippen molar-refractivity contribution in [3.8, 4) is 29.6 Å². The van der Waals surface area contributed by atoms with E-state index < -0.39 is 17.3 Å². The third-order valence-corrected chi connectivity index (χ3v) is 14.2. The number of hydrogen-bond donors (Lipinski definition) is 0. The molecule has 0 spiro atoms. The first-order chi connectivity index (χ1) is 30.1. The summed E-state index contributed by atoms with van der Waals surface area (Å²) in [4.78, 5) is 35.6. The number of ether oxygens (including phenoxy) is 3. The molecule has 9 rings (SSSR count). The van der Waals surface area contributed by atoms with Crippen molar-refractivity contribution in [2.45, 2.75) is 129 Å². The van der Waals surface area contributed by atoms with Crippen molar-refractivity contribution in [2.24, 2.45) is 5.41 Å². The number of carbonyl (C=O) groups excluding carboxylic acids is 1. The van der Waals surface area contributed by atoms with Crippen molar-refractivity contribution in [2.75, 3.05) is 50.8 Å². The molecule has 0 aliphatic carbocycles. The number of anilines is 1. The molecule has 4 fully saturated rings. The second-order valence-corrected chi connectivity index (χ2v) is 20.2. The van der Waals surface area contributed by atoms with Gasteiger partial charge in [0.25, 0.3) is 0 Å². The minimum Gasteiger partial charge on any atom is -0.463 e. The lowest BCUT2D eigenvalue weighted by Gasteiger charge is -2.42. The number of aryl methyl sites for hydroxylation is 1. The van der Waals surface area contributed by atoms with Gasteiger partial charge in [0.15, 0.2) is 6.23 Å². The molecule has 336 valence electrons. The van der Waals surface area contributed by atoms with Crippen LogP contribution in [0.1, 0.15) is 109 Å². The summed E-state index contributed by atoms with van der Waals surface area (Å²) in [7, 11) is 0. The molecule has 16 heteroatoms. The lowest BCUT2D eigenvalue weighted by atomic mass is 9.82. The van der Waals surface area contributed by atoms with Gasteiger partial charge in [-0.1, -0.05) is 6.92 Å². The zero-order chi connectivity index (χ0) is 44.3. The average Bonchev–Trinajstić information content (AvgIpc) is 3.91. The number of aromatic nitrogens is 5. The SMILES string of the molecule is C#CCCCCN1CCCC(C)(COc2nc(N3C[C@H]4CC[C@@H](C3)N4C(=O)OC(C)(C)C)c3c(n2)sc2c(-c4c(C(F)(F)F)c(C)cc5c4cnn5C4CCCCO4)nccc23)C1. The van der Waals surface area contributed by atoms with Gasteiger partial charge < -0.3 is 24.0 Å². The Bertz CT molecular complexity index is 2540. The fraction of sp³-hybridized carbons (Fsp3) is 0.596. The number of carbonyl (C=O) groups is 1. The number of amides is 1. The molecule has 4 saturated heterocycles. The van der Waals surface area contributed by atoms with Crippen molar-refractivity contribution in [1.29, 1.82) is 0 Å². The molecule has 4 aromatic heterocycles. The number of piperazine rings is 1. The number of terminal acetylenes is 1. The monoisotopic (exact) mass is 886 g/mol. The number of thiophene rings is 1. The number of fused-ring (bicyclic) bond motifs is 6. The Hall–Kier alpha value is -4.72. The Kier molecular flexibility index (Phi) is 11.8. The maximum atomic E-state index is 15.3. The molecule has 5 aromatic rings. The van der Waals surface area contributed by atoms with Crippen LogP contribution in [-0.2, 0) is 15.7 Å². The van der Waals surface area contributed by atoms with E-state index in [4.69, 9.17) is 35.6 Å². The number of unbranched alkanes of at least 4 members (excludes halogenated alkanes) is 2. The van der Waals surface area contributed by atoms with E-state index in [1.54, 1.807) is 16.9 Å². The van der Waals surface area contributed by atoms with Crippen molar-refractivity contribution in [1.82, 2.24) is 34.5 Å². The Morgan fingerprint density at radius 2 is 1.87 bits per heavy atom. The van der Waals surface area contributed by atoms with Crippen LogP contribution in [0.25, 0.3) is 42.5 Å². The Morgan fingerprint density at radius 3 is 2.59 bits per heavy atom. The summed E-state index contributed by atoms with van der Waals surface area (Å²) in [5.74, 6) is 3.37. The summed E-state index contributed by atoms with van der Waals surface area (Å²) in [6.45, 7) is 14.2. The lowest BCUT2D eigenvalue weighted by molar-refractivity contribution is -0.137. The summed E-state index contributed by atoms with van der Waals surface area (Å²) in [6.07, 6.45) is 12.3. The third kappa shape index (κ3) is 8.65. The van der Waals surface area contributed by atoms with Crippen molar-refractivity contribution < 1.29 is 32.2 Å². The number of likely N-dealkylation sites (tertiary alicyclic amines) is 1. The molecule has 63 heavy (non-hydrogen) atoms. The van der Waals surface area contributed by atoms with Crippen molar-refractivity contribution in [3.05, 3.63) is 35.7 Å². The first-order valence-electron chi connectivity index (χ1n) is 22.4. The standard InChI is InChI=1S/C47H57F3N8O4S/c1-7-8-9-11-20-55-21-13-18-46(6,27-55)28-61-43-53-41(56-25-30-15-16-31(26-56)57(30)44(59)62-45(3,4)5)37-32-17-19-51-39(40(32)63-42(37)54-43)36-33-24-52-58(35-14-10-12-22-60-35)34(33)23-29(2)38(36)47(48,49)50/h1,17,19,23-24,30-31,35H,8-16,18,20-22,25-28H2,2-6H3/t30-,31+,35?,46?. The van der Waals surface area contributed by atoms with Crippen LogP contribution >= 0.6 is 11.3 Å². The zero-order valence-electron chi connectivity index (χ0n) is 36.9. The van der Waals surface area contributed by atoms with Gasteiger partial charge in [-0.3, -0.25) is 9.88 Å². The van der Waals surface area contributed by atoms with Crippen LogP contribution in [0.3, 0.4) is 0 Å². The molecule has 0 radical (unpaired) electrons. The van der Waals surface area contributed by atoms with E-state index in [2.05, 4.69) is 27.7 Å². The highest BCUT2D eigenvalue weighted by Gasteiger charge is 2.46. The minimum absolute atomic E-state index is 0.0132. The molecule has 12 nitrogen and oxygen atoms in total. The first-order valence-corrected chi connectivity index (χ1v) is 23.3. The predicted molar refractivity (Wildman–Crippen MR) is 239 cm³/mol. The molecule has 0 N–H and O–H groups in total. The molecule has 8 heterocycles. The molecule has 4 aliphatic rings. The van der Waals surface area contributed by atoms with E-state index in [-0.39, 0.29) is 52.7 Å². The van der Waals surface area contributed by atoms with Crippen LogP contribution in [0, 0.1) is 24.7 Å². The molecule has 2 unspecified atom stereocenters. The maximum Gasteiger partial charge on any atom is 0.417 e. The minimum atomic E-state index is -4.68. The number of hydrogen-bond acceptors (Lipinski definition) is 11. The van der Waals surface area contributed by atoms with E-state index in [1.165, 1.54) is 24.5 Å². The van der Waals surface area contributed by atoms with Gasteiger partial charge in [-0.15, -0.1) is 23.7 Å². The van der Waals surface area contributed by atoms with Gasteiger partial charge in [0, 0.05) is 60.6 Å². The fourth-order valence-corrected chi connectivity index (χ4v) is 11.5. The molecule has 1 amide bonds. The van der Waals surface area contributed by atoms with E-state index >= 15 is 13.2 Å². The molecule has 2 bridgehead atoms. The fourth-order valence-electron chi connectivity index (χ4n) is 10.3. The lowest BCUT2D eigenvalue weighted by Crippen LogP contribution is -2.57. The quantitative estimate of drug-likeness (QED) is 0.0993. The van der Waals surface area contributed by atoms with Gasteiger partial charge in [-0.05, 0) is 116 Å². The average molecular weight is 887 g/mol. The summed E-state index contributed by atoms with van der Waals surface area (Å²) >= 11 is 1.30. The van der Waals surface area contributed by atoms with Crippen molar-refractivity contribution in [3.63, 3.8) is 0 Å². The highest BCUT2D eigenvalue weighted by Crippen LogP contribution is 2.49. The van der Waals surface area contributed by atoms with Crippen LogP contribution in [0.2, 0.25) is 0 Å². The number of nitrogens with zero attached hydrogens (tertiary/aromatic N) is 8. The maximum absolute atomic E-state index is 15.3. The smallest absolute Gasteiger partial charge is 0.417 e. The van der Waals surface area contributed by atoms with Crippen LogP contribution in [0.15, 0.2) is 24.5 Å². The largest absolute Gasteiger partial charge is 0.463 e. The van der Waals surface area contributed by atoms with Crippen LogP contribution in [-0.4, -0.2) is 104 Å². The predicted octanol–water partition coefficient (Wildman–Crippen LogP) is 10.2. The number of benzene rings is 1. The summed E-state index contributed by atoms with van der Waals surface area (Å²) in [5, 5.41) is 6.42. The number of pyridine rings is 1. The highest BCUT2D eigenvalue weighted by atomic mass is 32.1. The first kappa shape index (κ1) is 43.5. The Labute approximate surface area is 370 Å². The van der Waals surface area contributed by atoms with Gasteiger partial charge in [-0.2, -0.15) is 28.2 Å². The van der Waals surface area contributed by atoms with Crippen LogP contribution in [0.5, 0.6) is 6.01 Å². The van der Waals surface area contributed by atoms with Gasteiger partial charge in [0.1, 0.15) is 16.2 Å². The molecular weight excluding hydrogens is 830 g/mol. The summed E-state index contributed by atoms with van der Waals surface area (Å²) in [5.41, 5.74) is -0.672. The topological polar surface area (TPSA) is 111 Å². The molecule has 4 atom stereocenters. The molecule has 1 aromatic carbocycles. The van der Waals surface area contributed by atoms with Gasteiger partial charge >= 0.3 is 18.3 Å². The van der Waals surface area contributed by atoms with Crippen LogP contribution < -0.4 is 9.64 Å². The van der Waals surface area contributed by atoms with Gasteiger partial charge in [0.2, 0.25) is 0 Å². The van der Waals surface area contributed by atoms with E-state index in [9.17, 15) is 4.79 Å². The second-order valence-electron chi connectivity index (χ2n) is 19.3. The number of alkyl halides is 3. The second kappa shape index (κ2) is 17.0. The number of halogens is 3. The Balaban J connectivity index is 1.14. The Morgan fingerprint density at radius 1 is 1.08 bits per heavy atom. The highest BCUT2D eigenvalue weighted by molar-refractivity contribution is 7.26. The number of piperidine rings is 1. The zero-order valence-corrected chi connectivity index (χ0v) is 37.7.